The molecule has 4 unspecified atom stereocenters. The van der Waals surface area contributed by atoms with Crippen molar-refractivity contribution < 1.29 is 74.2 Å². The smallest absolute Gasteiger partial charge is 0.444 e. The van der Waals surface area contributed by atoms with Crippen LogP contribution in [0.2, 0.25) is 0 Å². The highest BCUT2D eigenvalue weighted by molar-refractivity contribution is 9.10. The Kier molecular flexibility index (Phi) is 51.2. The third-order valence-corrected chi connectivity index (χ3v) is 15.8. The van der Waals surface area contributed by atoms with Crippen LogP contribution in [0.15, 0.2) is 157 Å². The molecule has 0 aliphatic carbocycles. The van der Waals surface area contributed by atoms with E-state index in [0.717, 1.165) is 67.6 Å². The van der Waals surface area contributed by atoms with Crippen LogP contribution in [0.1, 0.15) is 333 Å². The lowest BCUT2D eigenvalue weighted by Gasteiger charge is -2.22. The molecular formula is C90H146BrN6O15+. The molecule has 0 radical (unpaired) electrons. The molecule has 1 aliphatic rings. The summed E-state index contributed by atoms with van der Waals surface area (Å²) in [6.07, 6.45) is -0.252. The maximum absolute atomic E-state index is 11.7. The molecule has 1 aliphatic heterocycles. The molecular weight excluding hydrogens is 1480 g/mol. The first-order valence-corrected chi connectivity index (χ1v) is 37.2. The van der Waals surface area contributed by atoms with Crippen LogP contribution >= 0.6 is 15.9 Å². The van der Waals surface area contributed by atoms with E-state index in [0.29, 0.717) is 12.0 Å². The average Bonchev–Trinajstić information content (AvgIpc) is 1.74. The summed E-state index contributed by atoms with van der Waals surface area (Å²) < 4.78 is 32.3. The van der Waals surface area contributed by atoms with E-state index in [2.05, 4.69) is 49.1 Å². The van der Waals surface area contributed by atoms with Gasteiger partial charge in [0, 0.05) is 10.5 Å². The maximum Gasteiger partial charge on any atom is 1.00 e. The molecule has 1 heterocycles. The van der Waals surface area contributed by atoms with Gasteiger partial charge < -0.3 is 81.2 Å². The van der Waals surface area contributed by atoms with Gasteiger partial charge in [0.15, 0.2) is 0 Å². The van der Waals surface area contributed by atoms with Crippen molar-refractivity contribution in [3.8, 4) is 0 Å². The highest BCUT2D eigenvalue weighted by Gasteiger charge is 2.26. The summed E-state index contributed by atoms with van der Waals surface area (Å²) in [4.78, 5) is 58.2. The Labute approximate surface area is 684 Å². The molecule has 0 saturated carbocycles. The van der Waals surface area contributed by atoms with E-state index in [1.807, 2.05) is 281 Å². The van der Waals surface area contributed by atoms with Crippen LogP contribution in [0.4, 0.5) is 24.0 Å². The fourth-order valence-corrected chi connectivity index (χ4v) is 9.63. The fourth-order valence-electron chi connectivity index (χ4n) is 9.36. The maximum atomic E-state index is 11.7. The summed E-state index contributed by atoms with van der Waals surface area (Å²) in [7, 11) is 0. The van der Waals surface area contributed by atoms with Crippen molar-refractivity contribution in [1.82, 2.24) is 26.6 Å². The quantitative estimate of drug-likeness (QED) is 0.0266. The molecule has 5 amide bonds. The van der Waals surface area contributed by atoms with E-state index in [1.54, 1.807) is 30.3 Å². The van der Waals surface area contributed by atoms with Gasteiger partial charge in [0.2, 0.25) is 0 Å². The van der Waals surface area contributed by atoms with Crippen molar-refractivity contribution in [1.29, 1.82) is 0 Å². The second-order valence-electron chi connectivity index (χ2n) is 31.1. The Morgan fingerprint density at radius 2 is 0.625 bits per heavy atom. The van der Waals surface area contributed by atoms with E-state index in [9.17, 15) is 39.3 Å². The molecule has 22 heteroatoms. The first kappa shape index (κ1) is 110. The number of alkyl carbamates (subject to hydrolysis) is 5. The number of nitrogens with two attached hydrogens (primary N) is 1. The molecule has 6 aromatic carbocycles. The van der Waals surface area contributed by atoms with Gasteiger partial charge in [0.05, 0.1) is 55.6 Å². The second-order valence-corrected chi connectivity index (χ2v) is 32.0. The third-order valence-electron chi connectivity index (χ3n) is 15.3. The Morgan fingerprint density at radius 3 is 0.830 bits per heavy atom. The number of ether oxygens (including phenoxy) is 6. The van der Waals surface area contributed by atoms with Gasteiger partial charge in [-0.1, -0.05) is 213 Å². The Balaban J connectivity index is -0.000000410. The molecule has 1 fully saturated rings. The number of hydrogen-bond acceptors (Lipinski definition) is 16. The van der Waals surface area contributed by atoms with E-state index < -0.39 is 70.7 Å². The van der Waals surface area contributed by atoms with Gasteiger partial charge >= 0.3 is 31.9 Å². The molecule has 0 aromatic heterocycles. The van der Waals surface area contributed by atoms with E-state index in [-0.39, 0.29) is 93.6 Å². The van der Waals surface area contributed by atoms with Gasteiger partial charge in [0.25, 0.3) is 0 Å². The highest BCUT2D eigenvalue weighted by Crippen LogP contribution is 2.31. The van der Waals surface area contributed by atoms with Crippen LogP contribution in [0, 0.1) is 0 Å². The van der Waals surface area contributed by atoms with Crippen LogP contribution in [-0.4, -0.2) is 92.1 Å². The van der Waals surface area contributed by atoms with E-state index in [1.165, 1.54) is 5.56 Å². The summed E-state index contributed by atoms with van der Waals surface area (Å²) in [5.41, 5.74) is 14.1. The molecule has 10 atom stereocenters. The van der Waals surface area contributed by atoms with Crippen molar-refractivity contribution in [2.75, 3.05) is 13.2 Å². The van der Waals surface area contributed by atoms with Crippen LogP contribution in [-0.2, 0) is 28.4 Å². The summed E-state index contributed by atoms with van der Waals surface area (Å²) in [5.74, 6) is 0. The SMILES string of the molecule is C.C.C.C.C.C=Cc1ccc([C@H](C)NC(=O)OC(C)(C)C)cc1.CCC(O)c1ccc([C@H](C)N)cc1.CCC(O)c1ccc([C@H](C)NC(=O)OC(C)(C)C)cc1.C[C@H](NC(=O)OC(C)(C)C)c1ccc(Br)cc1.C[C@H](NC(=O)OC(C)(C)C)c1ccc(C(O)CO)cc1.C[C@H](NC(=O)OC(C)(C)C)c1ccc(C2CO2)cc1.[H+]. The van der Waals surface area contributed by atoms with Crippen LogP contribution in [0.3, 0.4) is 0 Å². The molecule has 21 nitrogen and oxygen atoms in total. The summed E-state index contributed by atoms with van der Waals surface area (Å²) in [6.45, 7) is 47.1. The Morgan fingerprint density at radius 1 is 0.420 bits per heavy atom. The Hall–Kier alpha value is -8.35. The van der Waals surface area contributed by atoms with Crippen LogP contribution in [0.5, 0.6) is 0 Å². The summed E-state index contributed by atoms with van der Waals surface area (Å²) >= 11 is 3.37. The molecule has 7 rings (SSSR count). The molecule has 0 bridgehead atoms. The number of aliphatic hydroxyl groups is 4. The van der Waals surface area contributed by atoms with E-state index in [4.69, 9.17) is 39.3 Å². The number of nitrogens with one attached hydrogen (secondary N) is 5. The zero-order valence-electron chi connectivity index (χ0n) is 68.5. The summed E-state index contributed by atoms with van der Waals surface area (Å²) in [6, 6.07) is 45.8. The minimum atomic E-state index is -0.877. The predicted octanol–water partition coefficient (Wildman–Crippen LogP) is 22.8. The molecule has 6 aromatic rings. The van der Waals surface area contributed by atoms with Crippen molar-refractivity contribution >= 4 is 52.5 Å². The normalized spacial score (nSPS) is 14.3. The lowest BCUT2D eigenvalue weighted by Crippen LogP contribution is -2.34. The largest absolute Gasteiger partial charge is 1.00 e. The van der Waals surface area contributed by atoms with Crippen molar-refractivity contribution in [2.24, 2.45) is 5.73 Å². The monoisotopic (exact) mass is 1630 g/mol. The standard InChI is InChI=1S/C16H25NO3.C15H23NO4.C15H21NO3.C15H21NO2.C13H18BrNO2.C11H17NO.5CH4/c1-6-14(18)13-9-7-12(8-10-13)11(2)17-15(19)20-16(3,4)5;1-10(16-14(19)20-15(2,3)4)11-5-7-12(8-6-11)13(18)9-17;1-10(16-14(17)19-15(2,3)4)11-5-7-12(8-6-11)13-9-18-13;1-6-12-7-9-13(10-8-12)11(2)16-14(17)18-15(3,4)5;1-9(10-5-7-11(14)8-6-10)15-12(16)17-13(2,3)4;1-3-11(13)10-6-4-9(5-7-10)8(2)12;;;;;/h7-11,14,18H,6H2,1-5H3,(H,17,19);5-8,10,13,17-18H,9H2,1-4H3,(H,16,19);5-8,10,13H,9H2,1-4H3,(H,16,17);6-11H,1H2,2-5H3,(H,16,17);5-9H,1-4H3,(H,15,16);4-8,11,13H,3,12H2,1-2H3;5*1H4/p+1/t11-,14?;2*10-,13?;11-;9-;8-,11?;;;;;/m000000...../s1. The number of halogens is 1. The second kappa shape index (κ2) is 52.1. The van der Waals surface area contributed by atoms with Gasteiger partial charge in [-0.05, 0) is 232 Å². The average molecular weight is 1630 g/mol. The van der Waals surface area contributed by atoms with Crippen LogP contribution in [0.25, 0.3) is 6.08 Å². The molecule has 0 spiro atoms. The van der Waals surface area contributed by atoms with Gasteiger partial charge in [-0.25, -0.2) is 24.0 Å². The topological polar surface area (TPSA) is 311 Å². The van der Waals surface area contributed by atoms with Gasteiger partial charge in [-0.3, -0.25) is 0 Å². The van der Waals surface area contributed by atoms with Crippen LogP contribution < -0.4 is 32.3 Å². The first-order chi connectivity index (χ1) is 49.5. The number of hydrogen-bond donors (Lipinski definition) is 10. The molecule has 632 valence electrons. The van der Waals surface area contributed by atoms with Crippen molar-refractivity contribution in [2.45, 2.75) is 298 Å². The van der Waals surface area contributed by atoms with Gasteiger partial charge in [-0.2, -0.15) is 0 Å². The number of carbonyl (C=O) groups excluding carboxylic acids is 5. The first-order valence-electron chi connectivity index (χ1n) is 36.4. The van der Waals surface area contributed by atoms with Crippen molar-refractivity contribution in [3.63, 3.8) is 0 Å². The van der Waals surface area contributed by atoms with Gasteiger partial charge in [-0.15, -0.1) is 0 Å². The number of rotatable bonds is 19. The number of amides is 5. The lowest BCUT2D eigenvalue weighted by atomic mass is 10.0. The third kappa shape index (κ3) is 47.2. The minimum Gasteiger partial charge on any atom is -0.444 e. The zero-order valence-corrected chi connectivity index (χ0v) is 69.1. The minimum absolute atomic E-state index is 0. The fraction of sp³-hybridized carbons (Fsp3) is 0.522. The number of benzene rings is 6. The van der Waals surface area contributed by atoms with E-state index >= 15 is 0 Å². The summed E-state index contributed by atoms with van der Waals surface area (Å²) in [5, 5.41) is 51.6. The predicted molar refractivity (Wildman–Crippen MR) is 464 cm³/mol. The Bertz CT molecular complexity index is 3520. The highest BCUT2D eigenvalue weighted by atomic mass is 79.9. The number of carbonyl (C=O) groups is 5. The molecule has 11 N–H and O–H groups in total. The van der Waals surface area contributed by atoms with Gasteiger partial charge in [0.1, 0.15) is 40.2 Å². The molecule has 1 saturated heterocycles. The number of aliphatic hydroxyl groups excluding tert-OH is 4. The molecule has 112 heavy (non-hydrogen) atoms. The van der Waals surface area contributed by atoms with Crippen molar-refractivity contribution in [3.05, 3.63) is 218 Å². The zero-order chi connectivity index (χ0) is 81.4. The number of epoxide rings is 1. The lowest BCUT2D eigenvalue weighted by molar-refractivity contribution is 0.0496.